The number of hydrogen-bond acceptors (Lipinski definition) is 5. The Kier molecular flexibility index (Phi) is 5.80. The zero-order valence-corrected chi connectivity index (χ0v) is 17.5. The molecule has 0 saturated carbocycles. The molecule has 2 aromatic heterocycles. The second kappa shape index (κ2) is 8.66. The summed E-state index contributed by atoms with van der Waals surface area (Å²) in [5.74, 6) is -0.172. The van der Waals surface area contributed by atoms with Gasteiger partial charge >= 0.3 is 0 Å². The molecule has 0 unspecified atom stereocenters. The van der Waals surface area contributed by atoms with Gasteiger partial charge in [0.05, 0.1) is 18.7 Å². The predicted molar refractivity (Wildman–Crippen MR) is 114 cm³/mol. The average molecular weight is 471 g/mol. The highest BCUT2D eigenvalue weighted by atomic mass is 79.9. The van der Waals surface area contributed by atoms with Gasteiger partial charge in [-0.1, -0.05) is 22.0 Å². The highest BCUT2D eigenvalue weighted by Crippen LogP contribution is 2.27. The van der Waals surface area contributed by atoms with Crippen LogP contribution in [0.3, 0.4) is 0 Å². The van der Waals surface area contributed by atoms with Crippen LogP contribution in [0.1, 0.15) is 6.42 Å². The van der Waals surface area contributed by atoms with Crippen LogP contribution < -0.4 is 15.8 Å². The number of amides is 2. The quantitative estimate of drug-likeness (QED) is 0.596. The van der Waals surface area contributed by atoms with Gasteiger partial charge in [-0.15, -0.1) is 0 Å². The van der Waals surface area contributed by atoms with E-state index in [-0.39, 0.29) is 36.9 Å². The molecule has 1 aliphatic heterocycles. The zero-order chi connectivity index (χ0) is 21.1. The van der Waals surface area contributed by atoms with Crippen molar-refractivity contribution < 1.29 is 14.0 Å². The molecular weight excluding hydrogens is 452 g/mol. The molecule has 1 fully saturated rings. The van der Waals surface area contributed by atoms with Gasteiger partial charge in [0.15, 0.2) is 5.76 Å². The minimum atomic E-state index is -0.435. The molecule has 4 rings (SSSR count). The van der Waals surface area contributed by atoms with E-state index in [0.29, 0.717) is 18.0 Å². The first kappa shape index (κ1) is 20.1. The zero-order valence-electron chi connectivity index (χ0n) is 16.0. The van der Waals surface area contributed by atoms with E-state index >= 15 is 0 Å². The Labute approximate surface area is 180 Å². The average Bonchev–Trinajstić information content (AvgIpc) is 3.39. The van der Waals surface area contributed by atoms with E-state index in [1.165, 1.54) is 17.0 Å². The number of rotatable bonds is 6. The van der Waals surface area contributed by atoms with Gasteiger partial charge in [0.25, 0.3) is 5.56 Å². The Morgan fingerprint density at radius 2 is 2.07 bits per heavy atom. The summed E-state index contributed by atoms with van der Waals surface area (Å²) in [5, 5.41) is 7.08. The summed E-state index contributed by atoms with van der Waals surface area (Å²) < 4.78 is 7.46. The Morgan fingerprint density at radius 1 is 1.20 bits per heavy atom. The van der Waals surface area contributed by atoms with E-state index in [2.05, 4.69) is 26.3 Å². The van der Waals surface area contributed by atoms with Crippen LogP contribution in [-0.4, -0.2) is 34.7 Å². The number of halogens is 1. The lowest BCUT2D eigenvalue weighted by Gasteiger charge is -2.17. The largest absolute Gasteiger partial charge is 0.463 e. The maximum Gasteiger partial charge on any atom is 0.266 e. The molecule has 0 aliphatic carbocycles. The molecule has 8 nitrogen and oxygen atoms in total. The number of anilines is 1. The summed E-state index contributed by atoms with van der Waals surface area (Å²) in [6, 6.07) is 13.9. The fourth-order valence-corrected chi connectivity index (χ4v) is 3.76. The van der Waals surface area contributed by atoms with Crippen LogP contribution in [0.4, 0.5) is 5.69 Å². The number of furan rings is 1. The van der Waals surface area contributed by atoms with Crippen LogP contribution in [0.25, 0.3) is 11.5 Å². The fraction of sp³-hybridized carbons (Fsp3) is 0.238. The van der Waals surface area contributed by atoms with Gasteiger partial charge in [-0.2, -0.15) is 5.10 Å². The van der Waals surface area contributed by atoms with E-state index < -0.39 is 5.92 Å². The van der Waals surface area contributed by atoms with Crippen molar-refractivity contribution in [2.24, 2.45) is 5.92 Å². The van der Waals surface area contributed by atoms with E-state index in [1.807, 2.05) is 24.3 Å². The third kappa shape index (κ3) is 4.35. The SMILES string of the molecule is O=C(NCCn1nc(-c2ccco2)ccc1=O)[C@@H]1CC(=O)N(c2cccc(Br)c2)C1. The Balaban J connectivity index is 1.35. The molecule has 1 aromatic carbocycles. The summed E-state index contributed by atoms with van der Waals surface area (Å²) in [6.07, 6.45) is 1.69. The maximum atomic E-state index is 12.5. The molecule has 1 saturated heterocycles. The van der Waals surface area contributed by atoms with Crippen molar-refractivity contribution in [1.82, 2.24) is 15.1 Å². The molecule has 3 heterocycles. The van der Waals surface area contributed by atoms with Crippen molar-refractivity contribution >= 4 is 33.4 Å². The minimum Gasteiger partial charge on any atom is -0.463 e. The van der Waals surface area contributed by atoms with Crippen molar-refractivity contribution in [3.63, 3.8) is 0 Å². The molecule has 3 aromatic rings. The molecule has 30 heavy (non-hydrogen) atoms. The molecule has 0 spiro atoms. The molecule has 0 radical (unpaired) electrons. The number of carbonyl (C=O) groups is 2. The van der Waals surface area contributed by atoms with E-state index in [0.717, 1.165) is 10.2 Å². The molecule has 154 valence electrons. The third-order valence-corrected chi connectivity index (χ3v) is 5.37. The highest BCUT2D eigenvalue weighted by molar-refractivity contribution is 9.10. The molecular formula is C21H19BrN4O4. The van der Waals surface area contributed by atoms with E-state index in [4.69, 9.17) is 4.42 Å². The number of benzene rings is 1. The normalized spacial score (nSPS) is 16.1. The van der Waals surface area contributed by atoms with Crippen LogP contribution >= 0.6 is 15.9 Å². The smallest absolute Gasteiger partial charge is 0.266 e. The molecule has 1 aliphatic rings. The van der Waals surface area contributed by atoms with Gasteiger partial charge < -0.3 is 14.6 Å². The third-order valence-electron chi connectivity index (χ3n) is 4.88. The number of aromatic nitrogens is 2. The predicted octanol–water partition coefficient (Wildman–Crippen LogP) is 2.44. The monoisotopic (exact) mass is 470 g/mol. The molecule has 2 amide bonds. The van der Waals surface area contributed by atoms with Gasteiger partial charge in [0, 0.05) is 35.7 Å². The van der Waals surface area contributed by atoms with Crippen molar-refractivity contribution in [2.45, 2.75) is 13.0 Å². The van der Waals surface area contributed by atoms with Gasteiger partial charge in [-0.3, -0.25) is 14.4 Å². The first-order valence-electron chi connectivity index (χ1n) is 9.47. The van der Waals surface area contributed by atoms with Crippen LogP contribution in [0.2, 0.25) is 0 Å². The number of nitrogens with one attached hydrogen (secondary N) is 1. The molecule has 1 atom stereocenters. The summed E-state index contributed by atoms with van der Waals surface area (Å²) >= 11 is 3.40. The highest BCUT2D eigenvalue weighted by Gasteiger charge is 2.35. The lowest BCUT2D eigenvalue weighted by molar-refractivity contribution is -0.126. The fourth-order valence-electron chi connectivity index (χ4n) is 3.37. The first-order chi connectivity index (χ1) is 14.5. The summed E-state index contributed by atoms with van der Waals surface area (Å²) in [6.45, 7) is 0.775. The number of carbonyl (C=O) groups excluding carboxylic acids is 2. The number of nitrogens with zero attached hydrogens (tertiary/aromatic N) is 3. The summed E-state index contributed by atoms with van der Waals surface area (Å²) in [7, 11) is 0. The van der Waals surface area contributed by atoms with Gasteiger partial charge in [0.1, 0.15) is 5.69 Å². The van der Waals surface area contributed by atoms with Crippen LogP contribution in [0.15, 0.2) is 68.5 Å². The lowest BCUT2D eigenvalue weighted by Crippen LogP contribution is -2.36. The molecule has 1 N–H and O–H groups in total. The number of hydrogen-bond donors (Lipinski definition) is 1. The van der Waals surface area contributed by atoms with Crippen molar-refractivity contribution in [3.8, 4) is 11.5 Å². The Bertz CT molecular complexity index is 1130. The summed E-state index contributed by atoms with van der Waals surface area (Å²) in [5.41, 5.74) is 1.03. The topological polar surface area (TPSA) is 97.4 Å². The van der Waals surface area contributed by atoms with Gasteiger partial charge in [0.2, 0.25) is 11.8 Å². The second-order valence-corrected chi connectivity index (χ2v) is 7.85. The molecule has 0 bridgehead atoms. The minimum absolute atomic E-state index is 0.0858. The van der Waals surface area contributed by atoms with Crippen molar-refractivity contribution in [2.75, 3.05) is 18.0 Å². The first-order valence-corrected chi connectivity index (χ1v) is 10.3. The van der Waals surface area contributed by atoms with Gasteiger partial charge in [-0.05, 0) is 36.4 Å². The van der Waals surface area contributed by atoms with Gasteiger partial charge in [-0.25, -0.2) is 4.68 Å². The van der Waals surface area contributed by atoms with E-state index in [1.54, 1.807) is 23.1 Å². The van der Waals surface area contributed by atoms with Crippen LogP contribution in [-0.2, 0) is 16.1 Å². The van der Waals surface area contributed by atoms with Crippen LogP contribution in [0, 0.1) is 5.92 Å². The second-order valence-electron chi connectivity index (χ2n) is 6.93. The van der Waals surface area contributed by atoms with Crippen molar-refractivity contribution in [1.29, 1.82) is 0 Å². The van der Waals surface area contributed by atoms with Crippen molar-refractivity contribution in [3.05, 3.63) is 69.6 Å². The summed E-state index contributed by atoms with van der Waals surface area (Å²) in [4.78, 5) is 38.6. The van der Waals surface area contributed by atoms with Crippen LogP contribution in [0.5, 0.6) is 0 Å². The molecule has 9 heteroatoms. The van der Waals surface area contributed by atoms with E-state index in [9.17, 15) is 14.4 Å². The maximum absolute atomic E-state index is 12.5. The lowest BCUT2D eigenvalue weighted by atomic mass is 10.1. The standard InChI is InChI=1S/C21H19BrN4O4/c22-15-3-1-4-16(12-15)25-13-14(11-20(25)28)21(29)23-8-9-26-19(27)7-6-17(24-26)18-5-2-10-30-18/h1-7,10,12,14H,8-9,11,13H2,(H,23,29)/t14-/m1/s1. The Morgan fingerprint density at radius 3 is 2.83 bits per heavy atom. The Hall–Kier alpha value is -3.20.